The van der Waals surface area contributed by atoms with Crippen molar-refractivity contribution in [3.8, 4) is 5.69 Å². The zero-order valence-electron chi connectivity index (χ0n) is 14.0. The number of nitrogens with one attached hydrogen (secondary N) is 1. The maximum Gasteiger partial charge on any atom is 0.416 e. The number of pyridine rings is 1. The molecule has 3 aromatic rings. The Bertz CT molecular complexity index is 963. The normalized spacial score (nSPS) is 11.4. The van der Waals surface area contributed by atoms with Crippen LogP contribution in [0.5, 0.6) is 0 Å². The summed E-state index contributed by atoms with van der Waals surface area (Å²) in [6, 6.07) is 8.34. The largest absolute Gasteiger partial charge is 0.416 e. The van der Waals surface area contributed by atoms with Crippen LogP contribution >= 0.6 is 0 Å². The molecule has 0 radical (unpaired) electrons. The molecule has 134 valence electrons. The SMILES string of the molecule is Cc1cccnc1NC(=O)c1cnn(-c2cccc(C(F)(F)F)c2)c1C. The van der Waals surface area contributed by atoms with E-state index in [9.17, 15) is 18.0 Å². The molecular formula is C18H15F3N4O. The molecule has 0 fully saturated rings. The minimum Gasteiger partial charge on any atom is -0.306 e. The molecule has 2 aromatic heterocycles. The lowest BCUT2D eigenvalue weighted by Crippen LogP contribution is -2.15. The highest BCUT2D eigenvalue weighted by atomic mass is 19.4. The van der Waals surface area contributed by atoms with E-state index in [0.717, 1.165) is 17.7 Å². The second-order valence-corrected chi connectivity index (χ2v) is 5.73. The van der Waals surface area contributed by atoms with Crippen LogP contribution in [0, 0.1) is 13.8 Å². The van der Waals surface area contributed by atoms with Crippen LogP contribution < -0.4 is 5.32 Å². The summed E-state index contributed by atoms with van der Waals surface area (Å²) in [5.41, 5.74) is 0.928. The van der Waals surface area contributed by atoms with Crippen LogP contribution in [0.2, 0.25) is 0 Å². The lowest BCUT2D eigenvalue weighted by Gasteiger charge is -2.10. The number of hydrogen-bond acceptors (Lipinski definition) is 3. The molecule has 1 amide bonds. The summed E-state index contributed by atoms with van der Waals surface area (Å²) >= 11 is 0. The van der Waals surface area contributed by atoms with Gasteiger partial charge >= 0.3 is 6.18 Å². The van der Waals surface area contributed by atoms with Crippen molar-refractivity contribution < 1.29 is 18.0 Å². The number of benzene rings is 1. The standard InChI is InChI=1S/C18H15F3N4O/c1-11-5-4-8-22-16(11)24-17(26)15-10-23-25(12(15)2)14-7-3-6-13(9-14)18(19,20)21/h3-10H,1-2H3,(H,22,24,26). The van der Waals surface area contributed by atoms with Crippen molar-refractivity contribution in [2.24, 2.45) is 0 Å². The van der Waals surface area contributed by atoms with Gasteiger partial charge < -0.3 is 5.32 Å². The van der Waals surface area contributed by atoms with Crippen molar-refractivity contribution in [1.29, 1.82) is 0 Å². The molecule has 26 heavy (non-hydrogen) atoms. The molecule has 1 aromatic carbocycles. The van der Waals surface area contributed by atoms with E-state index in [1.165, 1.54) is 23.0 Å². The Hall–Kier alpha value is -3.16. The Morgan fingerprint density at radius 3 is 2.62 bits per heavy atom. The zero-order chi connectivity index (χ0) is 18.9. The van der Waals surface area contributed by atoms with E-state index in [1.54, 1.807) is 19.2 Å². The third-order valence-corrected chi connectivity index (χ3v) is 3.91. The van der Waals surface area contributed by atoms with Gasteiger partial charge in [0.05, 0.1) is 28.7 Å². The summed E-state index contributed by atoms with van der Waals surface area (Å²) in [7, 11) is 0. The minimum absolute atomic E-state index is 0.227. The Balaban J connectivity index is 1.91. The second-order valence-electron chi connectivity index (χ2n) is 5.73. The van der Waals surface area contributed by atoms with Gasteiger partial charge in [0.25, 0.3) is 5.91 Å². The Morgan fingerprint density at radius 1 is 1.15 bits per heavy atom. The number of aryl methyl sites for hydroxylation is 1. The number of anilines is 1. The lowest BCUT2D eigenvalue weighted by atomic mass is 10.2. The van der Waals surface area contributed by atoms with Gasteiger partial charge in [-0.2, -0.15) is 18.3 Å². The average molecular weight is 360 g/mol. The van der Waals surface area contributed by atoms with Crippen LogP contribution in [0.1, 0.15) is 27.2 Å². The van der Waals surface area contributed by atoms with Gasteiger partial charge in [0.15, 0.2) is 0 Å². The number of rotatable bonds is 3. The van der Waals surface area contributed by atoms with Crippen LogP contribution in [0.15, 0.2) is 48.8 Å². The summed E-state index contributed by atoms with van der Waals surface area (Å²) in [5.74, 6) is -0.00811. The number of nitrogens with zero attached hydrogens (tertiary/aromatic N) is 3. The molecule has 0 atom stereocenters. The van der Waals surface area contributed by atoms with Crippen LogP contribution in [0.4, 0.5) is 19.0 Å². The molecule has 8 heteroatoms. The highest BCUT2D eigenvalue weighted by molar-refractivity contribution is 6.04. The molecule has 0 aliphatic heterocycles. The van der Waals surface area contributed by atoms with Gasteiger partial charge in [-0.3, -0.25) is 4.79 Å². The van der Waals surface area contributed by atoms with Crippen molar-refractivity contribution in [2.45, 2.75) is 20.0 Å². The summed E-state index contributed by atoms with van der Waals surface area (Å²) in [4.78, 5) is 16.6. The average Bonchev–Trinajstić information content (AvgIpc) is 2.98. The Kier molecular flexibility index (Phi) is 4.50. The maximum atomic E-state index is 12.9. The van der Waals surface area contributed by atoms with Gasteiger partial charge in [0.2, 0.25) is 0 Å². The van der Waals surface area contributed by atoms with Crippen molar-refractivity contribution >= 4 is 11.7 Å². The Labute approximate surface area is 147 Å². The van der Waals surface area contributed by atoms with Crippen LogP contribution in [0.25, 0.3) is 5.69 Å². The molecule has 0 bridgehead atoms. The van der Waals surface area contributed by atoms with Gasteiger partial charge in [-0.1, -0.05) is 12.1 Å². The van der Waals surface area contributed by atoms with E-state index in [2.05, 4.69) is 15.4 Å². The summed E-state index contributed by atoms with van der Waals surface area (Å²) < 4.78 is 40.0. The van der Waals surface area contributed by atoms with Crippen LogP contribution in [-0.4, -0.2) is 20.7 Å². The second kappa shape index (κ2) is 6.62. The van der Waals surface area contributed by atoms with Gasteiger partial charge in [-0.15, -0.1) is 0 Å². The summed E-state index contributed by atoms with van der Waals surface area (Å²) in [5, 5.41) is 6.75. The number of aromatic nitrogens is 3. The van der Waals surface area contributed by atoms with Crippen molar-refractivity contribution in [1.82, 2.24) is 14.8 Å². The number of hydrogen-bond donors (Lipinski definition) is 1. The van der Waals surface area contributed by atoms with E-state index >= 15 is 0 Å². The molecule has 0 aliphatic carbocycles. The highest BCUT2D eigenvalue weighted by Crippen LogP contribution is 2.30. The van der Waals surface area contributed by atoms with E-state index < -0.39 is 17.6 Å². The fraction of sp³-hybridized carbons (Fsp3) is 0.167. The first kappa shape index (κ1) is 17.7. The molecule has 3 rings (SSSR count). The molecular weight excluding hydrogens is 345 g/mol. The first-order valence-corrected chi connectivity index (χ1v) is 7.72. The smallest absolute Gasteiger partial charge is 0.306 e. The van der Waals surface area contributed by atoms with Gasteiger partial charge in [-0.05, 0) is 43.7 Å². The van der Waals surface area contributed by atoms with E-state index in [4.69, 9.17) is 0 Å². The molecule has 2 heterocycles. The number of carbonyl (C=O) groups is 1. The monoisotopic (exact) mass is 360 g/mol. The summed E-state index contributed by atoms with van der Waals surface area (Å²) in [6.07, 6.45) is -1.57. The molecule has 5 nitrogen and oxygen atoms in total. The number of carbonyl (C=O) groups excluding carboxylic acids is 1. The predicted molar refractivity (Wildman–Crippen MR) is 90.2 cm³/mol. The fourth-order valence-corrected chi connectivity index (χ4v) is 2.50. The predicted octanol–water partition coefficient (Wildman–Crippen LogP) is 4.16. The zero-order valence-corrected chi connectivity index (χ0v) is 14.0. The third-order valence-electron chi connectivity index (χ3n) is 3.91. The Morgan fingerprint density at radius 2 is 1.92 bits per heavy atom. The van der Waals surface area contributed by atoms with E-state index in [0.29, 0.717) is 11.5 Å². The number of alkyl halides is 3. The number of halogens is 3. The van der Waals surface area contributed by atoms with Gasteiger partial charge in [0.1, 0.15) is 5.82 Å². The first-order chi connectivity index (χ1) is 12.3. The molecule has 0 saturated heterocycles. The van der Waals surface area contributed by atoms with Crippen molar-refractivity contribution in [3.63, 3.8) is 0 Å². The quantitative estimate of drug-likeness (QED) is 0.763. The summed E-state index contributed by atoms with van der Waals surface area (Å²) in [6.45, 7) is 3.43. The molecule has 0 spiro atoms. The minimum atomic E-state index is -4.45. The van der Waals surface area contributed by atoms with Crippen molar-refractivity contribution in [3.05, 3.63) is 71.2 Å². The van der Waals surface area contributed by atoms with E-state index in [-0.39, 0.29) is 11.3 Å². The lowest BCUT2D eigenvalue weighted by molar-refractivity contribution is -0.137. The van der Waals surface area contributed by atoms with Gasteiger partial charge in [-0.25, -0.2) is 9.67 Å². The van der Waals surface area contributed by atoms with Crippen LogP contribution in [-0.2, 0) is 6.18 Å². The third kappa shape index (κ3) is 3.44. The van der Waals surface area contributed by atoms with Gasteiger partial charge in [0, 0.05) is 6.20 Å². The molecule has 0 aliphatic rings. The van der Waals surface area contributed by atoms with Crippen molar-refractivity contribution in [2.75, 3.05) is 5.32 Å². The fourth-order valence-electron chi connectivity index (χ4n) is 2.50. The molecule has 0 saturated carbocycles. The number of amides is 1. The van der Waals surface area contributed by atoms with E-state index in [1.807, 2.05) is 13.0 Å². The van der Waals surface area contributed by atoms with Crippen LogP contribution in [0.3, 0.4) is 0 Å². The first-order valence-electron chi connectivity index (χ1n) is 7.72. The molecule has 0 unspecified atom stereocenters. The maximum absolute atomic E-state index is 12.9. The topological polar surface area (TPSA) is 59.8 Å². The molecule has 1 N–H and O–H groups in total. The highest BCUT2D eigenvalue weighted by Gasteiger charge is 2.30.